The SMILES string of the molecule is NCCCCC(C(=O)O)N(CC(O)CO)P(=O)(O)O. The standard InChI is InChI=1S/C9H21N2O7P/c10-4-2-1-3-8(9(14)15)11(19(16,17)18)5-7(13)6-12/h7-8,12-13H,1-6,10H2,(H,14,15)(H2,16,17,18). The normalized spacial score (nSPS) is 15.5. The lowest BCUT2D eigenvalue weighted by atomic mass is 10.1. The van der Waals surface area contributed by atoms with Gasteiger partial charge in [0.2, 0.25) is 0 Å². The summed E-state index contributed by atoms with van der Waals surface area (Å²) in [6.07, 6.45) is -0.514. The van der Waals surface area contributed by atoms with Crippen LogP contribution in [0.5, 0.6) is 0 Å². The summed E-state index contributed by atoms with van der Waals surface area (Å²) >= 11 is 0. The Kier molecular flexibility index (Phi) is 8.35. The van der Waals surface area contributed by atoms with Crippen LogP contribution in [-0.2, 0) is 9.36 Å². The molecule has 7 N–H and O–H groups in total. The molecule has 0 saturated carbocycles. The molecule has 0 spiro atoms. The number of unbranched alkanes of at least 4 members (excludes halogenated alkanes) is 1. The topological polar surface area (TPSA) is 165 Å². The molecule has 0 amide bonds. The maximum atomic E-state index is 11.3. The van der Waals surface area contributed by atoms with E-state index in [1.165, 1.54) is 0 Å². The molecule has 0 saturated heterocycles. The molecule has 10 heteroatoms. The highest BCUT2D eigenvalue weighted by Crippen LogP contribution is 2.42. The Labute approximate surface area is 110 Å². The number of nitrogens with two attached hydrogens (primary N) is 1. The Bertz CT molecular complexity index is 322. The highest BCUT2D eigenvalue weighted by molar-refractivity contribution is 7.49. The van der Waals surface area contributed by atoms with Crippen LogP contribution in [0.15, 0.2) is 0 Å². The molecule has 0 aromatic rings. The first kappa shape index (κ1) is 18.5. The van der Waals surface area contributed by atoms with Crippen molar-refractivity contribution in [2.24, 2.45) is 5.73 Å². The van der Waals surface area contributed by atoms with Gasteiger partial charge in [0.15, 0.2) is 0 Å². The number of hydrogen-bond acceptors (Lipinski definition) is 5. The van der Waals surface area contributed by atoms with E-state index in [1.54, 1.807) is 0 Å². The van der Waals surface area contributed by atoms with Crippen molar-refractivity contribution < 1.29 is 34.5 Å². The molecule has 2 unspecified atom stereocenters. The zero-order valence-corrected chi connectivity index (χ0v) is 11.3. The molecule has 0 bridgehead atoms. The van der Waals surface area contributed by atoms with E-state index >= 15 is 0 Å². The summed E-state index contributed by atoms with van der Waals surface area (Å²) in [4.78, 5) is 29.4. The average molecular weight is 300 g/mol. The fraction of sp³-hybridized carbons (Fsp3) is 0.889. The maximum absolute atomic E-state index is 11.3. The van der Waals surface area contributed by atoms with Gasteiger partial charge in [-0.05, 0) is 19.4 Å². The van der Waals surface area contributed by atoms with E-state index in [0.717, 1.165) is 0 Å². The van der Waals surface area contributed by atoms with Crippen LogP contribution in [0.1, 0.15) is 19.3 Å². The summed E-state index contributed by atoms with van der Waals surface area (Å²) in [6, 6.07) is -1.44. The maximum Gasteiger partial charge on any atom is 0.403 e. The minimum atomic E-state index is -4.85. The van der Waals surface area contributed by atoms with Crippen molar-refractivity contribution in [3.8, 4) is 0 Å². The first-order valence-electron chi connectivity index (χ1n) is 5.78. The van der Waals surface area contributed by atoms with Crippen molar-refractivity contribution in [3.05, 3.63) is 0 Å². The largest absolute Gasteiger partial charge is 0.480 e. The third-order valence-electron chi connectivity index (χ3n) is 2.52. The molecule has 0 aromatic carbocycles. The Morgan fingerprint density at radius 3 is 2.26 bits per heavy atom. The second-order valence-electron chi connectivity index (χ2n) is 4.11. The van der Waals surface area contributed by atoms with Crippen molar-refractivity contribution in [1.29, 1.82) is 0 Å². The van der Waals surface area contributed by atoms with Crippen LogP contribution >= 0.6 is 7.75 Å². The van der Waals surface area contributed by atoms with Crippen LogP contribution in [0, 0.1) is 0 Å². The van der Waals surface area contributed by atoms with Crippen molar-refractivity contribution in [2.75, 3.05) is 19.7 Å². The monoisotopic (exact) mass is 300 g/mol. The molecule has 0 fully saturated rings. The molecule has 0 aliphatic carbocycles. The van der Waals surface area contributed by atoms with Gasteiger partial charge in [-0.3, -0.25) is 4.79 Å². The van der Waals surface area contributed by atoms with Crippen LogP contribution in [0.4, 0.5) is 0 Å². The molecule has 0 aromatic heterocycles. The summed E-state index contributed by atoms with van der Waals surface area (Å²) in [7, 11) is -4.85. The molecule has 9 nitrogen and oxygen atoms in total. The molecule has 2 atom stereocenters. The smallest absolute Gasteiger partial charge is 0.403 e. The first-order valence-corrected chi connectivity index (χ1v) is 7.35. The number of rotatable bonds is 10. The highest BCUT2D eigenvalue weighted by atomic mass is 31.2. The Hall–Kier alpha value is -0.540. The number of carboxylic acid groups (broad SMARTS) is 1. The third kappa shape index (κ3) is 6.98. The van der Waals surface area contributed by atoms with E-state index in [9.17, 15) is 14.5 Å². The summed E-state index contributed by atoms with van der Waals surface area (Å²) in [6.45, 7) is -0.993. The van der Waals surface area contributed by atoms with Gasteiger partial charge in [-0.15, -0.1) is 0 Å². The number of aliphatic carboxylic acids is 1. The summed E-state index contributed by atoms with van der Waals surface area (Å²) in [5, 5.41) is 27.0. The van der Waals surface area contributed by atoms with Gasteiger partial charge in [-0.25, -0.2) is 4.57 Å². The van der Waals surface area contributed by atoms with Crippen LogP contribution in [-0.4, -0.2) is 67.6 Å². The van der Waals surface area contributed by atoms with Crippen molar-refractivity contribution in [3.63, 3.8) is 0 Å². The quantitative estimate of drug-likeness (QED) is 0.204. The van der Waals surface area contributed by atoms with Gasteiger partial charge in [0.1, 0.15) is 6.04 Å². The first-order chi connectivity index (χ1) is 8.73. The highest BCUT2D eigenvalue weighted by Gasteiger charge is 2.37. The van der Waals surface area contributed by atoms with Crippen LogP contribution in [0.3, 0.4) is 0 Å². The molecular weight excluding hydrogens is 279 g/mol. The van der Waals surface area contributed by atoms with Crippen LogP contribution in [0.25, 0.3) is 0 Å². The molecule has 0 aliphatic heterocycles. The van der Waals surface area contributed by atoms with Gasteiger partial charge in [0, 0.05) is 6.54 Å². The minimum Gasteiger partial charge on any atom is -0.480 e. The van der Waals surface area contributed by atoms with E-state index in [-0.39, 0.29) is 6.42 Å². The van der Waals surface area contributed by atoms with Gasteiger partial charge >= 0.3 is 13.7 Å². The molecule has 0 aliphatic rings. The molecule has 0 radical (unpaired) electrons. The van der Waals surface area contributed by atoms with Crippen molar-refractivity contribution in [2.45, 2.75) is 31.4 Å². The lowest BCUT2D eigenvalue weighted by Gasteiger charge is -2.30. The Morgan fingerprint density at radius 1 is 1.32 bits per heavy atom. The fourth-order valence-electron chi connectivity index (χ4n) is 1.57. The Morgan fingerprint density at radius 2 is 1.89 bits per heavy atom. The van der Waals surface area contributed by atoms with Crippen LogP contribution < -0.4 is 5.73 Å². The van der Waals surface area contributed by atoms with Gasteiger partial charge < -0.3 is 30.8 Å². The zero-order chi connectivity index (χ0) is 15.1. The van der Waals surface area contributed by atoms with E-state index in [2.05, 4.69) is 0 Å². The summed E-state index contributed by atoms with van der Waals surface area (Å²) in [5.41, 5.74) is 5.27. The molecule has 0 heterocycles. The predicted octanol–water partition coefficient (Wildman–Crippen LogP) is -1.68. The van der Waals surface area contributed by atoms with Gasteiger partial charge in [-0.2, -0.15) is 4.67 Å². The van der Waals surface area contributed by atoms with E-state index in [1.807, 2.05) is 0 Å². The van der Waals surface area contributed by atoms with Gasteiger partial charge in [0.25, 0.3) is 0 Å². The second kappa shape index (κ2) is 8.60. The van der Waals surface area contributed by atoms with Crippen molar-refractivity contribution in [1.82, 2.24) is 4.67 Å². The molecule has 0 rings (SSSR count). The number of nitrogens with zero attached hydrogens (tertiary/aromatic N) is 1. The van der Waals surface area contributed by atoms with E-state index in [4.69, 9.17) is 25.7 Å². The average Bonchev–Trinajstić information content (AvgIpc) is 2.30. The molecular formula is C9H21N2O7P. The summed E-state index contributed by atoms with van der Waals surface area (Å²) in [5.74, 6) is -1.40. The molecule has 19 heavy (non-hydrogen) atoms. The van der Waals surface area contributed by atoms with Crippen molar-refractivity contribution >= 4 is 13.7 Å². The number of carboxylic acids is 1. The lowest BCUT2D eigenvalue weighted by Crippen LogP contribution is -2.43. The van der Waals surface area contributed by atoms with Crippen LogP contribution in [0.2, 0.25) is 0 Å². The Balaban J connectivity index is 4.93. The molecule has 114 valence electrons. The fourth-order valence-corrected chi connectivity index (χ4v) is 2.55. The van der Waals surface area contributed by atoms with Gasteiger partial charge in [0.05, 0.1) is 12.7 Å². The third-order valence-corrected chi connectivity index (χ3v) is 3.63. The number of aliphatic hydroxyl groups is 2. The minimum absolute atomic E-state index is 0.00417. The van der Waals surface area contributed by atoms with E-state index < -0.39 is 39.0 Å². The summed E-state index contributed by atoms with van der Waals surface area (Å²) < 4.78 is 11.7. The number of carbonyl (C=O) groups is 1. The number of aliphatic hydroxyl groups excluding tert-OH is 2. The second-order valence-corrected chi connectivity index (χ2v) is 5.65. The van der Waals surface area contributed by atoms with E-state index in [0.29, 0.717) is 24.1 Å². The van der Waals surface area contributed by atoms with Gasteiger partial charge in [-0.1, -0.05) is 6.42 Å². The zero-order valence-electron chi connectivity index (χ0n) is 10.4. The predicted molar refractivity (Wildman–Crippen MR) is 66.2 cm³/mol. The number of hydrogen-bond donors (Lipinski definition) is 6. The lowest BCUT2D eigenvalue weighted by molar-refractivity contribution is -0.142.